The van der Waals surface area contributed by atoms with Gasteiger partial charge in [0.15, 0.2) is 6.79 Å². The van der Waals surface area contributed by atoms with Crippen molar-refractivity contribution in [3.8, 4) is 5.75 Å². The number of non-ortho nitro benzene ring substituents is 1. The van der Waals surface area contributed by atoms with Gasteiger partial charge in [-0.25, -0.2) is 4.79 Å². The van der Waals surface area contributed by atoms with Gasteiger partial charge in [-0.05, 0) is 13.0 Å². The lowest BCUT2D eigenvalue weighted by Gasteiger charge is -2.20. The number of rotatable bonds is 5. The SMILES string of the molecule is Cc1ccc(C(=O)OCc2cc([N+](=O)[O-])cc3c2OCOC3)cc1[N+](=O)[O-]. The Kier molecular flexibility index (Phi) is 4.99. The van der Waals surface area contributed by atoms with E-state index in [0.29, 0.717) is 22.4 Å². The summed E-state index contributed by atoms with van der Waals surface area (Å²) >= 11 is 0. The van der Waals surface area contributed by atoms with Gasteiger partial charge in [-0.15, -0.1) is 0 Å². The summed E-state index contributed by atoms with van der Waals surface area (Å²) in [4.78, 5) is 33.2. The summed E-state index contributed by atoms with van der Waals surface area (Å²) in [6.45, 7) is 1.39. The molecule has 1 aliphatic heterocycles. The van der Waals surface area contributed by atoms with Crippen LogP contribution in [0.2, 0.25) is 0 Å². The fourth-order valence-electron chi connectivity index (χ4n) is 2.65. The number of ether oxygens (including phenoxy) is 3. The second kappa shape index (κ2) is 7.38. The van der Waals surface area contributed by atoms with Crippen LogP contribution in [0.15, 0.2) is 30.3 Å². The number of carbonyl (C=O) groups is 1. The number of aryl methyl sites for hydroxylation is 1. The molecule has 0 unspecified atom stereocenters. The van der Waals surface area contributed by atoms with E-state index in [1.807, 2.05) is 0 Å². The van der Waals surface area contributed by atoms with E-state index in [-0.39, 0.29) is 36.9 Å². The van der Waals surface area contributed by atoms with Crippen LogP contribution >= 0.6 is 0 Å². The maximum Gasteiger partial charge on any atom is 0.338 e. The molecule has 0 fully saturated rings. The highest BCUT2D eigenvalue weighted by atomic mass is 16.7. The smallest absolute Gasteiger partial charge is 0.338 e. The second-order valence-corrected chi connectivity index (χ2v) is 5.80. The van der Waals surface area contributed by atoms with Crippen LogP contribution in [0.4, 0.5) is 11.4 Å². The van der Waals surface area contributed by atoms with Crippen LogP contribution < -0.4 is 4.74 Å². The summed E-state index contributed by atoms with van der Waals surface area (Å²) in [7, 11) is 0. The monoisotopic (exact) mass is 374 g/mol. The Hall–Kier alpha value is -3.53. The molecule has 27 heavy (non-hydrogen) atoms. The number of nitrogens with zero attached hydrogens (tertiary/aromatic N) is 2. The van der Waals surface area contributed by atoms with Gasteiger partial charge in [0.1, 0.15) is 12.4 Å². The van der Waals surface area contributed by atoms with Crippen LogP contribution in [0.3, 0.4) is 0 Å². The van der Waals surface area contributed by atoms with E-state index in [0.717, 1.165) is 6.07 Å². The maximum absolute atomic E-state index is 12.2. The van der Waals surface area contributed by atoms with Crippen molar-refractivity contribution in [1.29, 1.82) is 0 Å². The Morgan fingerprint density at radius 2 is 1.96 bits per heavy atom. The van der Waals surface area contributed by atoms with E-state index in [1.165, 1.54) is 24.3 Å². The van der Waals surface area contributed by atoms with E-state index in [1.54, 1.807) is 6.92 Å². The molecule has 0 bridgehead atoms. The highest BCUT2D eigenvalue weighted by molar-refractivity contribution is 5.90. The van der Waals surface area contributed by atoms with Gasteiger partial charge in [0.25, 0.3) is 11.4 Å². The molecule has 0 aliphatic carbocycles. The summed E-state index contributed by atoms with van der Waals surface area (Å²) in [5.74, 6) is -0.417. The van der Waals surface area contributed by atoms with E-state index in [9.17, 15) is 25.0 Å². The van der Waals surface area contributed by atoms with Gasteiger partial charge in [0.05, 0.1) is 22.0 Å². The third-order valence-electron chi connectivity index (χ3n) is 3.98. The van der Waals surface area contributed by atoms with Crippen LogP contribution in [0.5, 0.6) is 5.75 Å². The van der Waals surface area contributed by atoms with E-state index < -0.39 is 15.8 Å². The molecule has 0 radical (unpaired) electrons. The fourth-order valence-corrected chi connectivity index (χ4v) is 2.65. The van der Waals surface area contributed by atoms with Gasteiger partial charge < -0.3 is 14.2 Å². The van der Waals surface area contributed by atoms with Crippen molar-refractivity contribution in [2.45, 2.75) is 20.1 Å². The second-order valence-electron chi connectivity index (χ2n) is 5.80. The molecule has 0 aromatic heterocycles. The van der Waals surface area contributed by atoms with Gasteiger partial charge in [0, 0.05) is 34.9 Å². The number of hydrogen-bond acceptors (Lipinski definition) is 8. The molecule has 1 aliphatic rings. The third kappa shape index (κ3) is 3.85. The number of hydrogen-bond donors (Lipinski definition) is 0. The van der Waals surface area contributed by atoms with Crippen molar-refractivity contribution >= 4 is 17.3 Å². The van der Waals surface area contributed by atoms with Crippen molar-refractivity contribution in [3.63, 3.8) is 0 Å². The topological polar surface area (TPSA) is 131 Å². The Morgan fingerprint density at radius 1 is 1.19 bits per heavy atom. The average molecular weight is 374 g/mol. The normalized spacial score (nSPS) is 12.6. The first-order valence-electron chi connectivity index (χ1n) is 7.79. The first-order valence-corrected chi connectivity index (χ1v) is 7.79. The standard InChI is InChI=1S/C17H14N2O8/c1-10-2-3-11(6-15(10)19(23)24)17(20)26-8-13-5-14(18(21)22)4-12-7-25-9-27-16(12)13/h2-6H,7-9H2,1H3. The molecule has 0 spiro atoms. The molecule has 2 aromatic rings. The molecule has 0 saturated heterocycles. The number of esters is 1. The Labute approximate surface area is 152 Å². The molecule has 0 N–H and O–H groups in total. The quantitative estimate of drug-likeness (QED) is 0.443. The van der Waals surface area contributed by atoms with Crippen LogP contribution in [0.1, 0.15) is 27.0 Å². The molecule has 0 amide bonds. The zero-order valence-corrected chi connectivity index (χ0v) is 14.2. The summed E-state index contributed by atoms with van der Waals surface area (Å²) < 4.78 is 15.7. The molecule has 0 saturated carbocycles. The fraction of sp³-hybridized carbons (Fsp3) is 0.235. The van der Waals surface area contributed by atoms with Crippen LogP contribution in [-0.2, 0) is 22.7 Å². The molecule has 0 atom stereocenters. The summed E-state index contributed by atoms with van der Waals surface area (Å²) in [6.07, 6.45) is 0. The minimum atomic E-state index is -0.787. The molecular formula is C17H14N2O8. The highest BCUT2D eigenvalue weighted by Crippen LogP contribution is 2.33. The van der Waals surface area contributed by atoms with Crippen LogP contribution in [0.25, 0.3) is 0 Å². The van der Waals surface area contributed by atoms with E-state index in [4.69, 9.17) is 14.2 Å². The Bertz CT molecular complexity index is 941. The average Bonchev–Trinajstić information content (AvgIpc) is 2.65. The first kappa shape index (κ1) is 18.3. The number of fused-ring (bicyclic) bond motifs is 1. The van der Waals surface area contributed by atoms with Crippen LogP contribution in [-0.4, -0.2) is 22.6 Å². The van der Waals surface area contributed by atoms with Crippen molar-refractivity contribution in [2.24, 2.45) is 0 Å². The maximum atomic E-state index is 12.2. The number of nitro groups is 2. The minimum Gasteiger partial charge on any atom is -0.467 e. The number of benzene rings is 2. The summed E-state index contributed by atoms with van der Waals surface area (Å²) in [6, 6.07) is 6.59. The summed E-state index contributed by atoms with van der Waals surface area (Å²) in [5, 5.41) is 22.1. The Balaban J connectivity index is 1.83. The van der Waals surface area contributed by atoms with Crippen molar-refractivity contribution in [1.82, 2.24) is 0 Å². The van der Waals surface area contributed by atoms with Crippen molar-refractivity contribution < 1.29 is 28.9 Å². The lowest BCUT2D eigenvalue weighted by Crippen LogP contribution is -2.15. The van der Waals surface area contributed by atoms with Crippen molar-refractivity contribution in [3.05, 3.63) is 72.8 Å². The van der Waals surface area contributed by atoms with Gasteiger partial charge in [-0.2, -0.15) is 0 Å². The molecule has 2 aromatic carbocycles. The largest absolute Gasteiger partial charge is 0.467 e. The highest BCUT2D eigenvalue weighted by Gasteiger charge is 2.22. The predicted molar refractivity (Wildman–Crippen MR) is 90.3 cm³/mol. The lowest BCUT2D eigenvalue weighted by atomic mass is 10.1. The molecular weight excluding hydrogens is 360 g/mol. The predicted octanol–water partition coefficient (Wildman–Crippen LogP) is 3.03. The van der Waals surface area contributed by atoms with E-state index in [2.05, 4.69) is 0 Å². The lowest BCUT2D eigenvalue weighted by molar-refractivity contribution is -0.385. The first-order chi connectivity index (χ1) is 12.9. The molecule has 10 heteroatoms. The van der Waals surface area contributed by atoms with Gasteiger partial charge in [0.2, 0.25) is 0 Å². The zero-order valence-electron chi connectivity index (χ0n) is 14.2. The molecule has 3 rings (SSSR count). The minimum absolute atomic E-state index is 0.0100. The van der Waals surface area contributed by atoms with Crippen molar-refractivity contribution in [2.75, 3.05) is 6.79 Å². The number of carbonyl (C=O) groups excluding carboxylic acids is 1. The molecule has 10 nitrogen and oxygen atoms in total. The van der Waals surface area contributed by atoms with Crippen LogP contribution in [0, 0.1) is 27.2 Å². The zero-order chi connectivity index (χ0) is 19.6. The van der Waals surface area contributed by atoms with E-state index >= 15 is 0 Å². The summed E-state index contributed by atoms with van der Waals surface area (Å²) in [5.41, 5.74) is 0.844. The molecule has 1 heterocycles. The van der Waals surface area contributed by atoms with Gasteiger partial charge in [-0.1, -0.05) is 6.07 Å². The third-order valence-corrected chi connectivity index (χ3v) is 3.98. The molecule has 140 valence electrons. The number of nitro benzene ring substituents is 2. The van der Waals surface area contributed by atoms with Gasteiger partial charge >= 0.3 is 5.97 Å². The Morgan fingerprint density at radius 3 is 2.67 bits per heavy atom. The van der Waals surface area contributed by atoms with Gasteiger partial charge in [-0.3, -0.25) is 20.2 Å².